The molecule has 1 saturated carbocycles. The molecule has 0 unspecified atom stereocenters. The number of benzene rings is 1. The van der Waals surface area contributed by atoms with Crippen molar-refractivity contribution in [3.05, 3.63) is 64.0 Å². The standard InChI is InChI=1S/C18H17N3O2S/c22-15(10-21-11-19-17-14(18(21)23)8-9-24-17)20-16(13-6-7-13)12-4-2-1-3-5-12/h1-5,8-9,11,13,16H,6-7,10H2,(H,20,22)/t16-/m1/s1. The number of hydrogen-bond acceptors (Lipinski definition) is 4. The lowest BCUT2D eigenvalue weighted by Gasteiger charge is -2.19. The average molecular weight is 339 g/mol. The summed E-state index contributed by atoms with van der Waals surface area (Å²) in [5.74, 6) is 0.333. The third-order valence-electron chi connectivity index (χ3n) is 4.33. The summed E-state index contributed by atoms with van der Waals surface area (Å²) in [5.41, 5.74) is 0.950. The molecule has 1 aromatic carbocycles. The third kappa shape index (κ3) is 2.97. The number of carbonyl (C=O) groups is 1. The van der Waals surface area contributed by atoms with Crippen LogP contribution in [0.2, 0.25) is 0 Å². The van der Waals surface area contributed by atoms with Crippen LogP contribution in [0.4, 0.5) is 0 Å². The lowest BCUT2D eigenvalue weighted by atomic mass is 10.0. The number of rotatable bonds is 5. The average Bonchev–Trinajstić information content (AvgIpc) is 3.32. The summed E-state index contributed by atoms with van der Waals surface area (Å²) in [5, 5.41) is 5.49. The molecule has 1 fully saturated rings. The number of hydrogen-bond donors (Lipinski definition) is 1. The van der Waals surface area contributed by atoms with Gasteiger partial charge in [-0.2, -0.15) is 0 Å². The van der Waals surface area contributed by atoms with Gasteiger partial charge in [0.05, 0.1) is 17.8 Å². The Morgan fingerprint density at radius 2 is 2.08 bits per heavy atom. The highest BCUT2D eigenvalue weighted by atomic mass is 32.1. The first-order valence-corrected chi connectivity index (χ1v) is 8.87. The predicted molar refractivity (Wildman–Crippen MR) is 93.9 cm³/mol. The number of nitrogens with one attached hydrogen (secondary N) is 1. The molecule has 2 aromatic heterocycles. The first-order valence-electron chi connectivity index (χ1n) is 7.99. The van der Waals surface area contributed by atoms with E-state index in [1.165, 1.54) is 22.2 Å². The van der Waals surface area contributed by atoms with Gasteiger partial charge in [-0.1, -0.05) is 30.3 Å². The van der Waals surface area contributed by atoms with E-state index >= 15 is 0 Å². The van der Waals surface area contributed by atoms with Crippen LogP contribution < -0.4 is 10.9 Å². The van der Waals surface area contributed by atoms with Crippen LogP contribution in [0.15, 0.2) is 52.9 Å². The molecule has 1 aliphatic rings. The first-order chi connectivity index (χ1) is 11.7. The Morgan fingerprint density at radius 3 is 2.83 bits per heavy atom. The van der Waals surface area contributed by atoms with Crippen LogP contribution in [-0.4, -0.2) is 15.5 Å². The van der Waals surface area contributed by atoms with Crippen LogP contribution >= 0.6 is 11.3 Å². The Morgan fingerprint density at radius 1 is 1.29 bits per heavy atom. The first kappa shape index (κ1) is 15.1. The lowest BCUT2D eigenvalue weighted by molar-refractivity contribution is -0.122. The van der Waals surface area contributed by atoms with E-state index in [-0.39, 0.29) is 24.1 Å². The van der Waals surface area contributed by atoms with Crippen LogP contribution in [0, 0.1) is 5.92 Å². The van der Waals surface area contributed by atoms with Crippen molar-refractivity contribution >= 4 is 27.5 Å². The second-order valence-electron chi connectivity index (χ2n) is 6.11. The van der Waals surface area contributed by atoms with E-state index in [9.17, 15) is 9.59 Å². The molecular formula is C18H17N3O2S. The minimum Gasteiger partial charge on any atom is -0.347 e. The zero-order chi connectivity index (χ0) is 16.5. The van der Waals surface area contributed by atoms with E-state index in [0.29, 0.717) is 16.1 Å². The Hall–Kier alpha value is -2.47. The molecule has 0 spiro atoms. The molecule has 0 radical (unpaired) electrons. The van der Waals surface area contributed by atoms with Gasteiger partial charge < -0.3 is 5.32 Å². The quantitative estimate of drug-likeness (QED) is 0.777. The van der Waals surface area contributed by atoms with E-state index < -0.39 is 0 Å². The summed E-state index contributed by atoms with van der Waals surface area (Å²) in [6.45, 7) is -0.00628. The number of thiophene rings is 1. The zero-order valence-corrected chi connectivity index (χ0v) is 13.8. The maximum absolute atomic E-state index is 12.5. The van der Waals surface area contributed by atoms with Crippen molar-refractivity contribution < 1.29 is 4.79 Å². The fourth-order valence-electron chi connectivity index (χ4n) is 2.94. The highest BCUT2D eigenvalue weighted by Crippen LogP contribution is 2.40. The molecule has 4 rings (SSSR count). The highest BCUT2D eigenvalue weighted by Gasteiger charge is 2.33. The normalized spacial score (nSPS) is 15.3. The molecule has 1 aliphatic carbocycles. The van der Waals surface area contributed by atoms with Crippen LogP contribution in [0.25, 0.3) is 10.2 Å². The summed E-state index contributed by atoms with van der Waals surface area (Å²) in [4.78, 5) is 29.8. The van der Waals surface area contributed by atoms with E-state index in [4.69, 9.17) is 0 Å². The van der Waals surface area contributed by atoms with E-state index in [0.717, 1.165) is 18.4 Å². The summed E-state index contributed by atoms with van der Waals surface area (Å²) in [6.07, 6.45) is 3.71. The summed E-state index contributed by atoms with van der Waals surface area (Å²) in [7, 11) is 0. The van der Waals surface area contributed by atoms with Crippen molar-refractivity contribution in [2.45, 2.75) is 25.4 Å². The van der Waals surface area contributed by atoms with Gasteiger partial charge >= 0.3 is 0 Å². The summed E-state index contributed by atoms with van der Waals surface area (Å²) >= 11 is 1.42. The number of amides is 1. The maximum atomic E-state index is 12.5. The summed E-state index contributed by atoms with van der Waals surface area (Å²) < 4.78 is 1.37. The number of carbonyl (C=O) groups excluding carboxylic acids is 1. The second-order valence-corrected chi connectivity index (χ2v) is 7.00. The van der Waals surface area contributed by atoms with Crippen molar-refractivity contribution in [2.75, 3.05) is 0 Å². The molecular weight excluding hydrogens is 322 g/mol. The molecule has 1 N–H and O–H groups in total. The molecule has 2 heterocycles. The minimum absolute atomic E-state index is 0.00628. The van der Waals surface area contributed by atoms with Gasteiger partial charge in [0.2, 0.25) is 5.91 Å². The largest absolute Gasteiger partial charge is 0.347 e. The molecule has 122 valence electrons. The lowest BCUT2D eigenvalue weighted by Crippen LogP contribution is -2.35. The van der Waals surface area contributed by atoms with Gasteiger partial charge in [-0.15, -0.1) is 11.3 Å². The van der Waals surface area contributed by atoms with Crippen molar-refractivity contribution in [1.82, 2.24) is 14.9 Å². The van der Waals surface area contributed by atoms with E-state index in [2.05, 4.69) is 10.3 Å². The third-order valence-corrected chi connectivity index (χ3v) is 5.15. The van der Waals surface area contributed by atoms with E-state index in [1.54, 1.807) is 6.07 Å². The Bertz CT molecular complexity index is 928. The number of aromatic nitrogens is 2. The zero-order valence-electron chi connectivity index (χ0n) is 13.0. The van der Waals surface area contributed by atoms with Crippen molar-refractivity contribution in [3.63, 3.8) is 0 Å². The smallest absolute Gasteiger partial charge is 0.262 e. The molecule has 24 heavy (non-hydrogen) atoms. The van der Waals surface area contributed by atoms with Gasteiger partial charge in [0.25, 0.3) is 5.56 Å². The molecule has 0 aliphatic heterocycles. The van der Waals surface area contributed by atoms with Gasteiger partial charge in [0.15, 0.2) is 0 Å². The molecule has 3 aromatic rings. The van der Waals surface area contributed by atoms with Gasteiger partial charge in [-0.05, 0) is 35.8 Å². The Balaban J connectivity index is 1.53. The minimum atomic E-state index is -0.168. The predicted octanol–water partition coefficient (Wildman–Crippen LogP) is 2.73. The van der Waals surface area contributed by atoms with Crippen LogP contribution in [0.1, 0.15) is 24.4 Å². The fraction of sp³-hybridized carbons (Fsp3) is 0.278. The monoisotopic (exact) mass is 339 g/mol. The molecule has 0 saturated heterocycles. The number of nitrogens with zero attached hydrogens (tertiary/aromatic N) is 2. The number of fused-ring (bicyclic) bond motifs is 1. The molecule has 1 atom stereocenters. The maximum Gasteiger partial charge on any atom is 0.262 e. The molecule has 6 heteroatoms. The fourth-order valence-corrected chi connectivity index (χ4v) is 3.67. The topological polar surface area (TPSA) is 64.0 Å². The van der Waals surface area contributed by atoms with Gasteiger partial charge in [-0.3, -0.25) is 14.2 Å². The van der Waals surface area contributed by atoms with Crippen LogP contribution in [0.3, 0.4) is 0 Å². The Kier molecular flexibility index (Phi) is 3.90. The van der Waals surface area contributed by atoms with Crippen LogP contribution in [-0.2, 0) is 11.3 Å². The van der Waals surface area contributed by atoms with Crippen LogP contribution in [0.5, 0.6) is 0 Å². The van der Waals surface area contributed by atoms with Gasteiger partial charge in [-0.25, -0.2) is 4.98 Å². The summed E-state index contributed by atoms with van der Waals surface area (Å²) in [6, 6.07) is 11.8. The Labute approximate surface area is 143 Å². The van der Waals surface area contributed by atoms with Crippen molar-refractivity contribution in [2.24, 2.45) is 5.92 Å². The van der Waals surface area contributed by atoms with E-state index in [1.807, 2.05) is 35.7 Å². The second kappa shape index (κ2) is 6.20. The molecule has 1 amide bonds. The van der Waals surface area contributed by atoms with Crippen molar-refractivity contribution in [3.8, 4) is 0 Å². The molecule has 0 bridgehead atoms. The SMILES string of the molecule is O=C(Cn1cnc2sccc2c1=O)N[C@H](c1ccccc1)C1CC1. The van der Waals surface area contributed by atoms with Gasteiger partial charge in [0, 0.05) is 0 Å². The van der Waals surface area contributed by atoms with Crippen molar-refractivity contribution in [1.29, 1.82) is 0 Å². The molecule has 5 nitrogen and oxygen atoms in total. The highest BCUT2D eigenvalue weighted by molar-refractivity contribution is 7.16. The van der Waals surface area contributed by atoms with Gasteiger partial charge in [0.1, 0.15) is 11.4 Å².